The quantitative estimate of drug-likeness (QED) is 0.336. The number of carbonyl (C=O) groups excluding carboxylic acids is 2. The summed E-state index contributed by atoms with van der Waals surface area (Å²) in [6.07, 6.45) is 3.87. The molecule has 0 saturated carbocycles. The van der Waals surface area contributed by atoms with Gasteiger partial charge in [-0.25, -0.2) is 4.98 Å². The lowest BCUT2D eigenvalue weighted by Crippen LogP contribution is -2.20. The van der Waals surface area contributed by atoms with E-state index in [1.165, 1.54) is 11.3 Å². The van der Waals surface area contributed by atoms with Gasteiger partial charge < -0.3 is 11.1 Å². The number of fused-ring (bicyclic) bond motifs is 2. The molecule has 3 N–H and O–H groups in total. The monoisotopic (exact) mass is 489 g/mol. The fraction of sp³-hybridized carbons (Fsp3) is 0.222. The van der Waals surface area contributed by atoms with Crippen LogP contribution >= 0.6 is 22.9 Å². The number of carbonyl (C=O) groups is 2. The number of para-hydroxylation sites is 1. The van der Waals surface area contributed by atoms with Gasteiger partial charge in [-0.1, -0.05) is 55.3 Å². The molecule has 1 atom stereocenters. The van der Waals surface area contributed by atoms with E-state index in [-0.39, 0.29) is 5.91 Å². The van der Waals surface area contributed by atoms with Gasteiger partial charge in [0, 0.05) is 20.8 Å². The largest absolute Gasteiger partial charge is 0.365 e. The molecule has 5 rings (SSSR count). The zero-order valence-electron chi connectivity index (χ0n) is 18.7. The van der Waals surface area contributed by atoms with Crippen LogP contribution in [0.3, 0.4) is 0 Å². The van der Waals surface area contributed by atoms with Gasteiger partial charge in [-0.2, -0.15) is 0 Å². The predicted molar refractivity (Wildman–Crippen MR) is 139 cm³/mol. The maximum absolute atomic E-state index is 13.6. The number of nitrogens with zero attached hydrogens (tertiary/aromatic N) is 1. The van der Waals surface area contributed by atoms with E-state index in [0.717, 1.165) is 47.1 Å². The van der Waals surface area contributed by atoms with Crippen LogP contribution in [0.4, 0.5) is 5.00 Å². The second-order valence-corrected chi connectivity index (χ2v) is 10.2. The summed E-state index contributed by atoms with van der Waals surface area (Å²) in [7, 11) is 0. The molecule has 0 aliphatic heterocycles. The molecule has 2 amide bonds. The Morgan fingerprint density at radius 1 is 1.18 bits per heavy atom. The number of primary amides is 1. The average Bonchev–Trinajstić information content (AvgIpc) is 3.20. The van der Waals surface area contributed by atoms with Crippen molar-refractivity contribution in [2.75, 3.05) is 5.32 Å². The van der Waals surface area contributed by atoms with Crippen molar-refractivity contribution in [1.82, 2.24) is 4.98 Å². The van der Waals surface area contributed by atoms with Crippen LogP contribution in [0.2, 0.25) is 5.02 Å². The van der Waals surface area contributed by atoms with E-state index in [1.807, 2.05) is 36.4 Å². The van der Waals surface area contributed by atoms with E-state index in [4.69, 9.17) is 22.3 Å². The Labute approximate surface area is 207 Å². The van der Waals surface area contributed by atoms with Crippen molar-refractivity contribution in [3.05, 3.63) is 81.2 Å². The van der Waals surface area contributed by atoms with Crippen LogP contribution in [-0.2, 0) is 12.8 Å². The Morgan fingerprint density at radius 2 is 1.94 bits per heavy atom. The van der Waals surface area contributed by atoms with Crippen LogP contribution < -0.4 is 11.1 Å². The Morgan fingerprint density at radius 3 is 2.68 bits per heavy atom. The fourth-order valence-electron chi connectivity index (χ4n) is 4.65. The molecule has 0 radical (unpaired) electrons. The summed E-state index contributed by atoms with van der Waals surface area (Å²) in [5, 5.41) is 4.92. The Balaban J connectivity index is 1.56. The molecule has 1 aliphatic rings. The number of halogens is 1. The number of thiophene rings is 1. The summed E-state index contributed by atoms with van der Waals surface area (Å²) in [6.45, 7) is 2.19. The maximum atomic E-state index is 13.6. The highest BCUT2D eigenvalue weighted by Crippen LogP contribution is 2.40. The summed E-state index contributed by atoms with van der Waals surface area (Å²) in [5.74, 6) is -0.187. The minimum Gasteiger partial charge on any atom is -0.365 e. The van der Waals surface area contributed by atoms with Crippen molar-refractivity contribution in [2.45, 2.75) is 32.6 Å². The third-order valence-corrected chi connectivity index (χ3v) is 7.94. The van der Waals surface area contributed by atoms with E-state index in [2.05, 4.69) is 12.2 Å². The van der Waals surface area contributed by atoms with Crippen molar-refractivity contribution < 1.29 is 9.59 Å². The van der Waals surface area contributed by atoms with Gasteiger partial charge in [0.05, 0.1) is 22.3 Å². The van der Waals surface area contributed by atoms with Gasteiger partial charge in [0.25, 0.3) is 11.8 Å². The molecular weight excluding hydrogens is 466 g/mol. The molecule has 2 aromatic heterocycles. The smallest absolute Gasteiger partial charge is 0.257 e. The molecule has 34 heavy (non-hydrogen) atoms. The molecule has 0 saturated heterocycles. The third kappa shape index (κ3) is 4.19. The Kier molecular flexibility index (Phi) is 6.11. The van der Waals surface area contributed by atoms with E-state index >= 15 is 0 Å². The van der Waals surface area contributed by atoms with Crippen LogP contribution in [0, 0.1) is 5.92 Å². The first-order chi connectivity index (χ1) is 16.4. The highest BCUT2D eigenvalue weighted by Gasteiger charge is 2.28. The van der Waals surface area contributed by atoms with Crippen LogP contribution in [0.1, 0.15) is 50.9 Å². The van der Waals surface area contributed by atoms with E-state index in [1.54, 1.807) is 18.2 Å². The minimum atomic E-state index is -0.496. The number of pyridine rings is 1. The van der Waals surface area contributed by atoms with Crippen LogP contribution in [-0.4, -0.2) is 16.8 Å². The Hall–Kier alpha value is -3.22. The normalized spacial score (nSPS) is 15.2. The first-order valence-electron chi connectivity index (χ1n) is 11.4. The SMILES string of the molecule is CCC1CCc2c(sc(NC(=O)c3cc(-c4ccc(Cl)cc4)nc4ccccc34)c2C(N)=O)C1. The lowest BCUT2D eigenvalue weighted by atomic mass is 9.85. The number of benzene rings is 2. The summed E-state index contributed by atoms with van der Waals surface area (Å²) in [4.78, 5) is 31.8. The molecule has 2 aromatic carbocycles. The number of anilines is 1. The number of amides is 2. The second kappa shape index (κ2) is 9.20. The first-order valence-corrected chi connectivity index (χ1v) is 12.6. The summed E-state index contributed by atoms with van der Waals surface area (Å²) < 4.78 is 0. The standard InChI is InChI=1S/C27H24ClN3O2S/c1-2-15-7-12-19-23(13-15)34-27(24(19)25(29)32)31-26(33)20-14-22(16-8-10-17(28)11-9-16)30-21-6-4-3-5-18(20)21/h3-6,8-11,14-15H,2,7,12-13H2,1H3,(H2,29,32)(H,31,33). The molecule has 0 bridgehead atoms. The average molecular weight is 490 g/mol. The molecule has 0 spiro atoms. The van der Waals surface area contributed by atoms with Gasteiger partial charge in [-0.3, -0.25) is 9.59 Å². The molecular formula is C27H24ClN3O2S. The van der Waals surface area contributed by atoms with Crippen molar-refractivity contribution >= 4 is 50.7 Å². The first kappa shape index (κ1) is 22.6. The van der Waals surface area contributed by atoms with Crippen molar-refractivity contribution in [3.8, 4) is 11.3 Å². The summed E-state index contributed by atoms with van der Waals surface area (Å²) in [5.41, 5.74) is 9.96. The fourth-order valence-corrected chi connectivity index (χ4v) is 6.14. The number of hydrogen-bond acceptors (Lipinski definition) is 4. The third-order valence-electron chi connectivity index (χ3n) is 6.52. The zero-order valence-corrected chi connectivity index (χ0v) is 20.3. The van der Waals surface area contributed by atoms with E-state index < -0.39 is 5.91 Å². The lowest BCUT2D eigenvalue weighted by molar-refractivity contribution is 0.1000. The molecule has 7 heteroatoms. The lowest BCUT2D eigenvalue weighted by Gasteiger charge is -2.20. The molecule has 4 aromatic rings. The van der Waals surface area contributed by atoms with E-state index in [9.17, 15) is 9.59 Å². The van der Waals surface area contributed by atoms with Gasteiger partial charge >= 0.3 is 0 Å². The summed E-state index contributed by atoms with van der Waals surface area (Å²) in [6, 6.07) is 16.7. The molecule has 5 nitrogen and oxygen atoms in total. The topological polar surface area (TPSA) is 85.1 Å². The number of hydrogen-bond donors (Lipinski definition) is 2. The van der Waals surface area contributed by atoms with Crippen molar-refractivity contribution in [1.29, 1.82) is 0 Å². The number of nitrogens with two attached hydrogens (primary N) is 1. The molecule has 2 heterocycles. The maximum Gasteiger partial charge on any atom is 0.257 e. The van der Waals surface area contributed by atoms with Crippen LogP contribution in [0.5, 0.6) is 0 Å². The molecule has 1 aliphatic carbocycles. The minimum absolute atomic E-state index is 0.290. The van der Waals surface area contributed by atoms with Gasteiger partial charge in [-0.15, -0.1) is 11.3 Å². The van der Waals surface area contributed by atoms with Gasteiger partial charge in [0.15, 0.2) is 0 Å². The molecule has 1 unspecified atom stereocenters. The van der Waals surface area contributed by atoms with Crippen LogP contribution in [0.25, 0.3) is 22.2 Å². The van der Waals surface area contributed by atoms with Crippen LogP contribution in [0.15, 0.2) is 54.6 Å². The zero-order chi connectivity index (χ0) is 23.8. The van der Waals surface area contributed by atoms with Gasteiger partial charge in [0.2, 0.25) is 0 Å². The van der Waals surface area contributed by atoms with E-state index in [0.29, 0.717) is 38.3 Å². The highest BCUT2D eigenvalue weighted by molar-refractivity contribution is 7.17. The molecule has 0 fully saturated rings. The Bertz CT molecular complexity index is 1410. The van der Waals surface area contributed by atoms with Gasteiger partial charge in [-0.05, 0) is 55.0 Å². The molecule has 172 valence electrons. The second-order valence-electron chi connectivity index (χ2n) is 8.62. The highest BCUT2D eigenvalue weighted by atomic mass is 35.5. The predicted octanol–water partition coefficient (Wildman–Crippen LogP) is 6.48. The van der Waals surface area contributed by atoms with Crippen molar-refractivity contribution in [3.63, 3.8) is 0 Å². The van der Waals surface area contributed by atoms with Crippen molar-refractivity contribution in [2.24, 2.45) is 11.7 Å². The number of rotatable bonds is 5. The summed E-state index contributed by atoms with van der Waals surface area (Å²) >= 11 is 7.52. The number of nitrogens with one attached hydrogen (secondary N) is 1. The van der Waals surface area contributed by atoms with Gasteiger partial charge in [0.1, 0.15) is 5.00 Å². The number of aromatic nitrogens is 1.